The van der Waals surface area contributed by atoms with E-state index in [2.05, 4.69) is 59.9 Å². The van der Waals surface area contributed by atoms with Gasteiger partial charge in [0.05, 0.1) is 0 Å². The first-order valence-electron chi connectivity index (χ1n) is 7.78. The molecule has 2 aromatic carbocycles. The van der Waals surface area contributed by atoms with Gasteiger partial charge in [-0.15, -0.1) is 12.4 Å². The maximum absolute atomic E-state index is 6.27. The number of nitrogens with two attached hydrogens (primary N) is 1. The van der Waals surface area contributed by atoms with Gasteiger partial charge in [-0.05, 0) is 43.9 Å². The third-order valence-electron chi connectivity index (χ3n) is 3.96. The molecule has 2 nitrogen and oxygen atoms in total. The van der Waals surface area contributed by atoms with Gasteiger partial charge >= 0.3 is 0 Å². The summed E-state index contributed by atoms with van der Waals surface area (Å²) in [7, 11) is 2.04. The first-order chi connectivity index (χ1) is 10.3. The van der Waals surface area contributed by atoms with Crippen LogP contribution in [0.2, 0.25) is 0 Å². The molecule has 0 unspecified atom stereocenters. The Morgan fingerprint density at radius 1 is 0.818 bits per heavy atom. The molecule has 0 heterocycles. The molecule has 0 aromatic heterocycles. The average molecular weight is 319 g/mol. The van der Waals surface area contributed by atoms with Gasteiger partial charge < -0.3 is 11.1 Å². The normalized spacial score (nSPS) is 13.2. The number of hydrogen-bond acceptors (Lipinski definition) is 2. The minimum atomic E-state index is 0. The van der Waals surface area contributed by atoms with Crippen molar-refractivity contribution in [3.63, 3.8) is 0 Å². The average Bonchev–Trinajstić information content (AvgIpc) is 2.53. The van der Waals surface area contributed by atoms with Gasteiger partial charge in [-0.25, -0.2) is 0 Å². The molecule has 0 aliphatic heterocycles. The molecule has 2 aromatic rings. The van der Waals surface area contributed by atoms with E-state index in [1.165, 1.54) is 11.1 Å². The van der Waals surface area contributed by atoms with Crippen molar-refractivity contribution in [2.24, 2.45) is 5.73 Å². The van der Waals surface area contributed by atoms with E-state index >= 15 is 0 Å². The molecule has 0 fully saturated rings. The molecule has 0 saturated carbocycles. The minimum absolute atomic E-state index is 0. The van der Waals surface area contributed by atoms with Gasteiger partial charge in [0.25, 0.3) is 0 Å². The van der Waals surface area contributed by atoms with Gasteiger partial charge in [0.15, 0.2) is 0 Å². The maximum Gasteiger partial charge on any atom is 0.0105 e. The Labute approximate surface area is 140 Å². The summed E-state index contributed by atoms with van der Waals surface area (Å²) in [6.07, 6.45) is 4.19. The van der Waals surface area contributed by atoms with Crippen LogP contribution in [-0.2, 0) is 12.8 Å². The molecule has 0 bridgehead atoms. The van der Waals surface area contributed by atoms with Gasteiger partial charge in [-0.2, -0.15) is 0 Å². The molecule has 120 valence electrons. The molecule has 0 aliphatic carbocycles. The highest BCUT2D eigenvalue weighted by atomic mass is 35.5. The van der Waals surface area contributed by atoms with Gasteiger partial charge in [0, 0.05) is 12.1 Å². The summed E-state index contributed by atoms with van der Waals surface area (Å²) in [5, 5.41) is 3.41. The van der Waals surface area contributed by atoms with E-state index in [0.29, 0.717) is 6.04 Å². The minimum Gasteiger partial charge on any atom is -0.327 e. The standard InChI is InChI=1S/C19H26N2.ClH/c1-21-19(15-17-10-6-3-7-11-17)13-12-18(20)14-16-8-4-2-5-9-16;/h2-11,18-19,21H,12-15,20H2,1H3;1H/t18-,19-;/m1./s1. The van der Waals surface area contributed by atoms with E-state index in [1.807, 2.05) is 13.1 Å². The SMILES string of the molecule is CN[C@H](CC[C@@H](N)Cc1ccccc1)Cc1ccccc1.Cl. The van der Waals surface area contributed by atoms with Crippen molar-refractivity contribution >= 4 is 12.4 Å². The molecule has 22 heavy (non-hydrogen) atoms. The van der Waals surface area contributed by atoms with Crippen molar-refractivity contribution in [1.29, 1.82) is 0 Å². The highest BCUT2D eigenvalue weighted by molar-refractivity contribution is 5.85. The monoisotopic (exact) mass is 318 g/mol. The van der Waals surface area contributed by atoms with E-state index in [1.54, 1.807) is 0 Å². The van der Waals surface area contributed by atoms with E-state index in [-0.39, 0.29) is 18.4 Å². The number of nitrogens with one attached hydrogen (secondary N) is 1. The Morgan fingerprint density at radius 3 is 1.82 bits per heavy atom. The molecular formula is C19H27ClN2. The van der Waals surface area contributed by atoms with E-state index in [0.717, 1.165) is 25.7 Å². The van der Waals surface area contributed by atoms with Crippen molar-refractivity contribution in [3.8, 4) is 0 Å². The number of likely N-dealkylation sites (N-methyl/N-ethyl adjacent to an activating group) is 1. The molecule has 0 aliphatic rings. The summed E-state index contributed by atoms with van der Waals surface area (Å²) in [6.45, 7) is 0. The predicted octanol–water partition coefficient (Wildman–Crippen LogP) is 3.59. The van der Waals surface area contributed by atoms with Crippen molar-refractivity contribution < 1.29 is 0 Å². The van der Waals surface area contributed by atoms with Crippen LogP contribution < -0.4 is 11.1 Å². The van der Waals surface area contributed by atoms with Crippen LogP contribution in [0, 0.1) is 0 Å². The lowest BCUT2D eigenvalue weighted by atomic mass is 9.97. The summed E-state index contributed by atoms with van der Waals surface area (Å²) in [5.74, 6) is 0. The highest BCUT2D eigenvalue weighted by Crippen LogP contribution is 2.11. The second kappa shape index (κ2) is 10.4. The fourth-order valence-corrected chi connectivity index (χ4v) is 2.68. The summed E-state index contributed by atoms with van der Waals surface area (Å²) in [4.78, 5) is 0. The van der Waals surface area contributed by atoms with E-state index in [4.69, 9.17) is 5.73 Å². The molecule has 2 rings (SSSR count). The maximum atomic E-state index is 6.27. The fourth-order valence-electron chi connectivity index (χ4n) is 2.68. The van der Waals surface area contributed by atoms with Crippen molar-refractivity contribution in [3.05, 3.63) is 71.8 Å². The zero-order valence-corrected chi connectivity index (χ0v) is 14.1. The van der Waals surface area contributed by atoms with E-state index in [9.17, 15) is 0 Å². The van der Waals surface area contributed by atoms with E-state index < -0.39 is 0 Å². The Balaban J connectivity index is 0.00000242. The lowest BCUT2D eigenvalue weighted by molar-refractivity contribution is 0.465. The summed E-state index contributed by atoms with van der Waals surface area (Å²) in [6, 6.07) is 21.9. The second-order valence-corrected chi connectivity index (χ2v) is 5.70. The van der Waals surface area contributed by atoms with Gasteiger partial charge in [-0.1, -0.05) is 60.7 Å². The lowest BCUT2D eigenvalue weighted by Crippen LogP contribution is -2.31. The van der Waals surface area contributed by atoms with Crippen LogP contribution in [0.1, 0.15) is 24.0 Å². The molecule has 3 heteroatoms. The molecule has 0 saturated heterocycles. The van der Waals surface area contributed by atoms with Crippen molar-refractivity contribution in [1.82, 2.24) is 5.32 Å². The predicted molar refractivity (Wildman–Crippen MR) is 97.6 cm³/mol. The van der Waals surface area contributed by atoms with Gasteiger partial charge in [0.1, 0.15) is 0 Å². The summed E-state index contributed by atoms with van der Waals surface area (Å²) >= 11 is 0. The van der Waals surface area contributed by atoms with Crippen LogP contribution in [0.15, 0.2) is 60.7 Å². The number of benzene rings is 2. The number of halogens is 1. The molecule has 0 spiro atoms. The summed E-state index contributed by atoms with van der Waals surface area (Å²) in [5.41, 5.74) is 8.99. The van der Waals surface area contributed by atoms with Crippen LogP contribution >= 0.6 is 12.4 Å². The Bertz CT molecular complexity index is 501. The zero-order valence-electron chi connectivity index (χ0n) is 13.2. The Morgan fingerprint density at radius 2 is 1.32 bits per heavy atom. The second-order valence-electron chi connectivity index (χ2n) is 5.70. The molecule has 2 atom stereocenters. The third kappa shape index (κ3) is 6.61. The fraction of sp³-hybridized carbons (Fsp3) is 0.368. The Kier molecular flexibility index (Phi) is 8.83. The summed E-state index contributed by atoms with van der Waals surface area (Å²) < 4.78 is 0. The van der Waals surface area contributed by atoms with Gasteiger partial charge in [-0.3, -0.25) is 0 Å². The van der Waals surface area contributed by atoms with Crippen LogP contribution in [0.5, 0.6) is 0 Å². The topological polar surface area (TPSA) is 38.0 Å². The first kappa shape index (κ1) is 18.7. The van der Waals surface area contributed by atoms with Crippen LogP contribution in [-0.4, -0.2) is 19.1 Å². The van der Waals surface area contributed by atoms with Crippen molar-refractivity contribution in [2.75, 3.05) is 7.05 Å². The number of rotatable bonds is 8. The Hall–Kier alpha value is -1.35. The molecule has 0 radical (unpaired) electrons. The largest absolute Gasteiger partial charge is 0.327 e. The third-order valence-corrected chi connectivity index (χ3v) is 3.96. The zero-order chi connectivity index (χ0) is 14.9. The highest BCUT2D eigenvalue weighted by Gasteiger charge is 2.10. The quantitative estimate of drug-likeness (QED) is 0.780. The number of hydrogen-bond donors (Lipinski definition) is 2. The van der Waals surface area contributed by atoms with Crippen LogP contribution in [0.3, 0.4) is 0 Å². The molecule has 3 N–H and O–H groups in total. The first-order valence-corrected chi connectivity index (χ1v) is 7.78. The molecule has 0 amide bonds. The van der Waals surface area contributed by atoms with Crippen molar-refractivity contribution in [2.45, 2.75) is 37.8 Å². The van der Waals surface area contributed by atoms with Gasteiger partial charge in [0.2, 0.25) is 0 Å². The lowest BCUT2D eigenvalue weighted by Gasteiger charge is -2.19. The smallest absolute Gasteiger partial charge is 0.0105 e. The molecular weight excluding hydrogens is 292 g/mol. The van der Waals surface area contributed by atoms with Crippen LogP contribution in [0.4, 0.5) is 0 Å². The van der Waals surface area contributed by atoms with Crippen LogP contribution in [0.25, 0.3) is 0 Å².